The molecule has 0 aliphatic heterocycles. The van der Waals surface area contributed by atoms with Crippen molar-refractivity contribution in [3.05, 3.63) is 42.2 Å². The highest BCUT2D eigenvalue weighted by molar-refractivity contribution is 5.44. The van der Waals surface area contributed by atoms with E-state index in [0.717, 1.165) is 12.1 Å². The van der Waals surface area contributed by atoms with E-state index in [2.05, 4.69) is 20.0 Å². The summed E-state index contributed by atoms with van der Waals surface area (Å²) in [7, 11) is 1.44. The number of anilines is 1. The lowest BCUT2D eigenvalue weighted by Crippen LogP contribution is -2.17. The van der Waals surface area contributed by atoms with E-state index < -0.39 is 12.5 Å². The van der Waals surface area contributed by atoms with Crippen molar-refractivity contribution in [3.8, 4) is 11.6 Å². The fourth-order valence-electron chi connectivity index (χ4n) is 1.80. The Bertz CT molecular complexity index is 635. The quantitative estimate of drug-likeness (QED) is 0.848. The average Bonchev–Trinajstić information content (AvgIpc) is 2.52. The van der Waals surface area contributed by atoms with Gasteiger partial charge in [0.25, 0.3) is 5.88 Å². The van der Waals surface area contributed by atoms with E-state index in [-0.39, 0.29) is 18.2 Å². The molecule has 0 spiro atoms. The Labute approximate surface area is 129 Å². The lowest BCUT2D eigenvalue weighted by molar-refractivity contribution is -0.274. The number of halogens is 3. The van der Waals surface area contributed by atoms with Gasteiger partial charge in [-0.05, 0) is 17.7 Å². The molecular formula is C14H14F3N3O3. The summed E-state index contributed by atoms with van der Waals surface area (Å²) in [5.74, 6) is 0.275. The van der Waals surface area contributed by atoms with E-state index in [9.17, 15) is 18.3 Å². The Kier molecular flexibility index (Phi) is 5.22. The molecule has 6 nitrogen and oxygen atoms in total. The average molecular weight is 329 g/mol. The molecule has 0 amide bonds. The number of aliphatic hydroxyl groups excluding tert-OH is 1. The maximum Gasteiger partial charge on any atom is 0.573 e. The summed E-state index contributed by atoms with van der Waals surface area (Å²) < 4.78 is 45.0. The summed E-state index contributed by atoms with van der Waals surface area (Å²) in [5, 5.41) is 12.9. The SMILES string of the molecule is COc1nccnc1NCC(O)c1ccc(OC(F)(F)F)cc1. The summed E-state index contributed by atoms with van der Waals surface area (Å²) in [6, 6.07) is 4.96. The van der Waals surface area contributed by atoms with Crippen molar-refractivity contribution in [1.29, 1.82) is 0 Å². The molecule has 0 aliphatic carbocycles. The molecule has 0 bridgehead atoms. The van der Waals surface area contributed by atoms with Gasteiger partial charge >= 0.3 is 6.36 Å². The number of nitrogens with one attached hydrogen (secondary N) is 1. The first-order chi connectivity index (χ1) is 10.9. The Morgan fingerprint density at radius 1 is 1.17 bits per heavy atom. The van der Waals surface area contributed by atoms with Crippen LogP contribution in [0.5, 0.6) is 11.6 Å². The third-order valence-electron chi connectivity index (χ3n) is 2.82. The molecule has 2 rings (SSSR count). The molecule has 1 unspecified atom stereocenters. The number of alkyl halides is 3. The Morgan fingerprint density at radius 3 is 2.43 bits per heavy atom. The smallest absolute Gasteiger partial charge is 0.478 e. The van der Waals surface area contributed by atoms with Gasteiger partial charge in [0.1, 0.15) is 5.75 Å². The Morgan fingerprint density at radius 2 is 1.83 bits per heavy atom. The molecule has 1 atom stereocenters. The monoisotopic (exact) mass is 329 g/mol. The highest BCUT2D eigenvalue weighted by Gasteiger charge is 2.31. The minimum absolute atomic E-state index is 0.0779. The van der Waals surface area contributed by atoms with Gasteiger partial charge in [0.05, 0.1) is 13.2 Å². The number of benzene rings is 1. The fourth-order valence-corrected chi connectivity index (χ4v) is 1.80. The number of hydrogen-bond donors (Lipinski definition) is 2. The summed E-state index contributed by atoms with van der Waals surface area (Å²) >= 11 is 0. The normalized spacial score (nSPS) is 12.6. The van der Waals surface area contributed by atoms with Crippen LogP contribution >= 0.6 is 0 Å². The number of nitrogens with zero attached hydrogens (tertiary/aromatic N) is 2. The van der Waals surface area contributed by atoms with Crippen LogP contribution < -0.4 is 14.8 Å². The van der Waals surface area contributed by atoms with E-state index in [1.807, 2.05) is 0 Å². The molecule has 0 fully saturated rings. The number of aliphatic hydroxyl groups is 1. The lowest BCUT2D eigenvalue weighted by atomic mass is 10.1. The van der Waals surface area contributed by atoms with Crippen LogP contribution in [-0.4, -0.2) is 35.1 Å². The maximum atomic E-state index is 12.1. The second-order valence-electron chi connectivity index (χ2n) is 4.43. The van der Waals surface area contributed by atoms with E-state index in [1.54, 1.807) is 0 Å². The number of ether oxygens (including phenoxy) is 2. The summed E-state index contributed by atoms with van der Waals surface area (Å²) in [6.45, 7) is 0.0779. The molecule has 0 saturated carbocycles. The molecule has 2 N–H and O–H groups in total. The number of rotatable bonds is 6. The van der Waals surface area contributed by atoms with Crippen LogP contribution in [0.1, 0.15) is 11.7 Å². The van der Waals surface area contributed by atoms with Gasteiger partial charge in [-0.15, -0.1) is 13.2 Å². The molecule has 1 aromatic carbocycles. The first-order valence-corrected chi connectivity index (χ1v) is 6.51. The van der Waals surface area contributed by atoms with Crippen LogP contribution in [0, 0.1) is 0 Å². The molecule has 124 valence electrons. The lowest BCUT2D eigenvalue weighted by Gasteiger charge is -2.14. The van der Waals surface area contributed by atoms with Crippen molar-refractivity contribution in [3.63, 3.8) is 0 Å². The molecule has 0 radical (unpaired) electrons. The standard InChI is InChI=1S/C14H14F3N3O3/c1-22-13-12(18-6-7-19-13)20-8-11(21)9-2-4-10(5-3-9)23-14(15,16)17/h2-7,11,21H,8H2,1H3,(H,18,20). The summed E-state index contributed by atoms with van der Waals surface area (Å²) in [6.07, 6.45) is -2.79. The molecule has 2 aromatic rings. The number of methoxy groups -OCH3 is 1. The third-order valence-corrected chi connectivity index (χ3v) is 2.82. The Hall–Kier alpha value is -2.55. The predicted octanol–water partition coefficient (Wildman–Crippen LogP) is 2.53. The first kappa shape index (κ1) is 16.8. The molecule has 23 heavy (non-hydrogen) atoms. The van der Waals surface area contributed by atoms with Crippen LogP contribution in [0.25, 0.3) is 0 Å². The van der Waals surface area contributed by atoms with Crippen molar-refractivity contribution in [2.45, 2.75) is 12.5 Å². The molecule has 1 heterocycles. The molecule has 0 saturated heterocycles. The van der Waals surface area contributed by atoms with Crippen LogP contribution in [0.2, 0.25) is 0 Å². The van der Waals surface area contributed by atoms with E-state index in [1.165, 1.54) is 31.6 Å². The van der Waals surface area contributed by atoms with Crippen LogP contribution in [0.3, 0.4) is 0 Å². The minimum atomic E-state index is -4.75. The van der Waals surface area contributed by atoms with E-state index in [0.29, 0.717) is 11.4 Å². The predicted molar refractivity (Wildman–Crippen MR) is 75.2 cm³/mol. The zero-order chi connectivity index (χ0) is 16.9. The van der Waals surface area contributed by atoms with Gasteiger partial charge in [-0.2, -0.15) is 0 Å². The van der Waals surface area contributed by atoms with E-state index >= 15 is 0 Å². The molecule has 9 heteroatoms. The maximum absolute atomic E-state index is 12.1. The summed E-state index contributed by atoms with van der Waals surface area (Å²) in [5.41, 5.74) is 0.426. The zero-order valence-electron chi connectivity index (χ0n) is 12.0. The van der Waals surface area contributed by atoms with Crippen LogP contribution in [0.15, 0.2) is 36.7 Å². The highest BCUT2D eigenvalue weighted by atomic mass is 19.4. The first-order valence-electron chi connectivity index (χ1n) is 6.51. The molecular weight excluding hydrogens is 315 g/mol. The van der Waals surface area contributed by atoms with Gasteiger partial charge < -0.3 is 19.9 Å². The van der Waals surface area contributed by atoms with Crippen molar-refractivity contribution in [2.75, 3.05) is 19.0 Å². The largest absolute Gasteiger partial charge is 0.573 e. The van der Waals surface area contributed by atoms with Gasteiger partial charge in [0.15, 0.2) is 5.82 Å². The number of hydrogen-bond acceptors (Lipinski definition) is 6. The zero-order valence-corrected chi connectivity index (χ0v) is 12.0. The Balaban J connectivity index is 1.96. The molecule has 0 aliphatic rings. The van der Waals surface area contributed by atoms with Gasteiger partial charge in [-0.3, -0.25) is 0 Å². The third kappa shape index (κ3) is 4.99. The van der Waals surface area contributed by atoms with Crippen LogP contribution in [-0.2, 0) is 0 Å². The van der Waals surface area contributed by atoms with Gasteiger partial charge in [-0.25, -0.2) is 9.97 Å². The number of aromatic nitrogens is 2. The second-order valence-corrected chi connectivity index (χ2v) is 4.43. The van der Waals surface area contributed by atoms with Gasteiger partial charge in [-0.1, -0.05) is 12.1 Å². The van der Waals surface area contributed by atoms with Crippen molar-refractivity contribution < 1.29 is 27.8 Å². The van der Waals surface area contributed by atoms with Crippen molar-refractivity contribution >= 4 is 5.82 Å². The molecule has 1 aromatic heterocycles. The van der Waals surface area contributed by atoms with E-state index in [4.69, 9.17) is 4.74 Å². The van der Waals surface area contributed by atoms with Crippen molar-refractivity contribution in [2.24, 2.45) is 0 Å². The fraction of sp³-hybridized carbons (Fsp3) is 0.286. The second kappa shape index (κ2) is 7.14. The van der Waals surface area contributed by atoms with Crippen LogP contribution in [0.4, 0.5) is 19.0 Å². The minimum Gasteiger partial charge on any atom is -0.478 e. The van der Waals surface area contributed by atoms with Gasteiger partial charge in [0, 0.05) is 18.9 Å². The van der Waals surface area contributed by atoms with Crippen molar-refractivity contribution in [1.82, 2.24) is 9.97 Å². The topological polar surface area (TPSA) is 76.5 Å². The summed E-state index contributed by atoms with van der Waals surface area (Å²) in [4.78, 5) is 7.96. The van der Waals surface area contributed by atoms with Gasteiger partial charge in [0.2, 0.25) is 0 Å². The highest BCUT2D eigenvalue weighted by Crippen LogP contribution is 2.25.